The minimum atomic E-state index is -0.767. The Hall–Kier alpha value is -3.17. The third kappa shape index (κ3) is 6.03. The maximum absolute atomic E-state index is 13.5. The standard InChI is InChI=1S/C25H33N3O6/c1-26(17-20(10-14-29)19-6-8-21(33-3)9-7-19)22-5-4-11-28(25(22)31)23(18-32-2)24(30)27-12-15-34-16-13-27/h4-9,11,14,20,23H,10,12-13,15-18H2,1-3H3. The molecule has 1 fully saturated rings. The van der Waals surface area contributed by atoms with Crippen LogP contribution in [0.15, 0.2) is 47.4 Å². The summed E-state index contributed by atoms with van der Waals surface area (Å²) in [6, 6.07) is 10.3. The van der Waals surface area contributed by atoms with Gasteiger partial charge >= 0.3 is 0 Å². The third-order valence-corrected chi connectivity index (χ3v) is 6.10. The topological polar surface area (TPSA) is 90.3 Å². The molecule has 2 atom stereocenters. The molecule has 1 aliphatic heterocycles. The summed E-state index contributed by atoms with van der Waals surface area (Å²) in [6.45, 7) is 2.48. The summed E-state index contributed by atoms with van der Waals surface area (Å²) in [5, 5.41) is 0. The second kappa shape index (κ2) is 12.3. The maximum atomic E-state index is 13.5. The highest BCUT2D eigenvalue weighted by molar-refractivity contribution is 5.81. The number of amides is 1. The quantitative estimate of drug-likeness (QED) is 0.461. The van der Waals surface area contributed by atoms with Gasteiger partial charge in [0.15, 0.2) is 0 Å². The van der Waals surface area contributed by atoms with Gasteiger partial charge in [-0.15, -0.1) is 0 Å². The van der Waals surface area contributed by atoms with Crippen molar-refractivity contribution in [3.63, 3.8) is 0 Å². The molecular weight excluding hydrogens is 438 g/mol. The van der Waals surface area contributed by atoms with E-state index in [1.165, 1.54) is 11.7 Å². The van der Waals surface area contributed by atoms with Crippen molar-refractivity contribution in [2.45, 2.75) is 18.4 Å². The monoisotopic (exact) mass is 471 g/mol. The molecule has 0 aliphatic carbocycles. The number of hydrogen-bond donors (Lipinski definition) is 0. The first kappa shape index (κ1) is 25.5. The molecule has 0 radical (unpaired) electrons. The predicted octanol–water partition coefficient (Wildman–Crippen LogP) is 1.71. The number of ether oxygens (including phenoxy) is 3. The molecule has 184 valence electrons. The lowest BCUT2D eigenvalue weighted by Gasteiger charge is -2.31. The number of rotatable bonds is 11. The number of anilines is 1. The van der Waals surface area contributed by atoms with E-state index in [2.05, 4.69) is 0 Å². The summed E-state index contributed by atoms with van der Waals surface area (Å²) in [4.78, 5) is 41.6. The number of methoxy groups -OCH3 is 2. The first-order valence-corrected chi connectivity index (χ1v) is 11.4. The molecule has 9 nitrogen and oxygen atoms in total. The summed E-state index contributed by atoms with van der Waals surface area (Å²) < 4.78 is 17.3. The van der Waals surface area contributed by atoms with Crippen molar-refractivity contribution in [3.8, 4) is 5.75 Å². The molecule has 0 spiro atoms. The smallest absolute Gasteiger partial charge is 0.274 e. The summed E-state index contributed by atoms with van der Waals surface area (Å²) in [5.41, 5.74) is 1.15. The van der Waals surface area contributed by atoms with Crippen LogP contribution in [0.5, 0.6) is 5.75 Å². The fourth-order valence-corrected chi connectivity index (χ4v) is 4.19. The lowest BCUT2D eigenvalue weighted by molar-refractivity contribution is -0.140. The van der Waals surface area contributed by atoms with E-state index in [0.29, 0.717) is 45.0 Å². The van der Waals surface area contributed by atoms with Gasteiger partial charge in [-0.2, -0.15) is 0 Å². The minimum absolute atomic E-state index is 0.0862. The lowest BCUT2D eigenvalue weighted by Crippen LogP contribution is -2.47. The zero-order valence-electron chi connectivity index (χ0n) is 20.0. The Bertz CT molecular complexity index is 1000. The molecule has 2 aromatic rings. The van der Waals surface area contributed by atoms with Crippen LogP contribution < -0.4 is 15.2 Å². The van der Waals surface area contributed by atoms with Gasteiger partial charge in [0.25, 0.3) is 5.56 Å². The van der Waals surface area contributed by atoms with Gasteiger partial charge in [-0.25, -0.2) is 0 Å². The number of aromatic nitrogens is 1. The summed E-state index contributed by atoms with van der Waals surface area (Å²) >= 11 is 0. The zero-order chi connectivity index (χ0) is 24.5. The molecule has 34 heavy (non-hydrogen) atoms. The van der Waals surface area contributed by atoms with Crippen LogP contribution >= 0.6 is 0 Å². The van der Waals surface area contributed by atoms with Crippen molar-refractivity contribution in [2.75, 3.05) is 65.6 Å². The Morgan fingerprint density at radius 1 is 1.18 bits per heavy atom. The van der Waals surface area contributed by atoms with Crippen LogP contribution in [0.2, 0.25) is 0 Å². The van der Waals surface area contributed by atoms with Crippen LogP contribution in [0.1, 0.15) is 23.9 Å². The molecule has 1 aromatic heterocycles. The van der Waals surface area contributed by atoms with E-state index in [-0.39, 0.29) is 24.0 Å². The molecule has 0 bridgehead atoms. The first-order chi connectivity index (χ1) is 16.5. The largest absolute Gasteiger partial charge is 0.497 e. The Labute approximate surface area is 199 Å². The van der Waals surface area contributed by atoms with E-state index in [1.54, 1.807) is 30.3 Å². The van der Waals surface area contributed by atoms with E-state index < -0.39 is 6.04 Å². The van der Waals surface area contributed by atoms with Crippen molar-refractivity contribution in [2.24, 2.45) is 0 Å². The Morgan fingerprint density at radius 3 is 2.50 bits per heavy atom. The van der Waals surface area contributed by atoms with Crippen molar-refractivity contribution < 1.29 is 23.8 Å². The second-order valence-electron chi connectivity index (χ2n) is 8.27. The molecule has 9 heteroatoms. The molecular formula is C25H33N3O6. The average Bonchev–Trinajstić information content (AvgIpc) is 2.87. The highest BCUT2D eigenvalue weighted by atomic mass is 16.5. The summed E-state index contributed by atoms with van der Waals surface area (Å²) in [5.74, 6) is 0.470. The highest BCUT2D eigenvalue weighted by Gasteiger charge is 2.29. The van der Waals surface area contributed by atoms with E-state index in [0.717, 1.165) is 17.6 Å². The van der Waals surface area contributed by atoms with Crippen LogP contribution in [0.4, 0.5) is 5.69 Å². The fraction of sp³-hybridized carbons (Fsp3) is 0.480. The Balaban J connectivity index is 1.85. The van der Waals surface area contributed by atoms with E-state index in [9.17, 15) is 14.4 Å². The van der Waals surface area contributed by atoms with Crippen LogP contribution in [0.25, 0.3) is 0 Å². The summed E-state index contributed by atoms with van der Waals surface area (Å²) in [7, 11) is 4.93. The maximum Gasteiger partial charge on any atom is 0.274 e. The van der Waals surface area contributed by atoms with Gasteiger partial charge in [-0.05, 0) is 29.8 Å². The van der Waals surface area contributed by atoms with Crippen molar-refractivity contribution in [1.29, 1.82) is 0 Å². The third-order valence-electron chi connectivity index (χ3n) is 6.10. The number of likely N-dealkylation sites (N-methyl/N-ethyl adjacent to an activating group) is 1. The van der Waals surface area contributed by atoms with Gasteiger partial charge in [0, 0.05) is 52.3 Å². The number of nitrogens with zero attached hydrogens (tertiary/aromatic N) is 3. The van der Waals surface area contributed by atoms with Crippen LogP contribution in [0.3, 0.4) is 0 Å². The summed E-state index contributed by atoms with van der Waals surface area (Å²) in [6.07, 6.45) is 2.83. The minimum Gasteiger partial charge on any atom is -0.497 e. The number of pyridine rings is 1. The molecule has 0 N–H and O–H groups in total. The van der Waals surface area contributed by atoms with Gasteiger partial charge < -0.3 is 28.8 Å². The molecule has 2 heterocycles. The average molecular weight is 472 g/mol. The SMILES string of the molecule is COCC(C(=O)N1CCOCC1)n1cccc(N(C)CC(CC=O)c2ccc(OC)cc2)c1=O. The number of benzene rings is 1. The van der Waals surface area contributed by atoms with Crippen LogP contribution in [0, 0.1) is 0 Å². The first-order valence-electron chi connectivity index (χ1n) is 11.4. The molecule has 3 rings (SSSR count). The van der Waals surface area contributed by atoms with Crippen LogP contribution in [-0.4, -0.2) is 82.4 Å². The van der Waals surface area contributed by atoms with Crippen molar-refractivity contribution in [3.05, 3.63) is 58.5 Å². The number of hydrogen-bond acceptors (Lipinski definition) is 7. The second-order valence-corrected chi connectivity index (χ2v) is 8.27. The van der Waals surface area contributed by atoms with Gasteiger partial charge in [0.2, 0.25) is 5.91 Å². The number of aldehydes is 1. The molecule has 2 unspecified atom stereocenters. The van der Waals surface area contributed by atoms with Crippen molar-refractivity contribution >= 4 is 17.9 Å². The Kier molecular flexibility index (Phi) is 9.24. The van der Waals surface area contributed by atoms with E-state index in [4.69, 9.17) is 14.2 Å². The van der Waals surface area contributed by atoms with E-state index >= 15 is 0 Å². The van der Waals surface area contributed by atoms with Gasteiger partial charge in [-0.1, -0.05) is 12.1 Å². The lowest BCUT2D eigenvalue weighted by atomic mass is 9.95. The molecule has 1 aromatic carbocycles. The van der Waals surface area contributed by atoms with E-state index in [1.807, 2.05) is 36.2 Å². The molecule has 1 saturated heterocycles. The van der Waals surface area contributed by atoms with Crippen LogP contribution in [-0.2, 0) is 19.1 Å². The molecule has 1 amide bonds. The molecule has 0 saturated carbocycles. The molecule has 1 aliphatic rings. The van der Waals surface area contributed by atoms with Crippen molar-refractivity contribution in [1.82, 2.24) is 9.47 Å². The zero-order valence-corrected chi connectivity index (χ0v) is 20.0. The normalized spacial score (nSPS) is 15.4. The van der Waals surface area contributed by atoms with Gasteiger partial charge in [0.05, 0.1) is 26.9 Å². The number of morpholine rings is 1. The van der Waals surface area contributed by atoms with Gasteiger partial charge in [0.1, 0.15) is 23.8 Å². The number of carbonyl (C=O) groups excluding carboxylic acids is 2. The number of carbonyl (C=O) groups is 2. The highest BCUT2D eigenvalue weighted by Crippen LogP contribution is 2.24. The Morgan fingerprint density at radius 2 is 1.88 bits per heavy atom. The van der Waals surface area contributed by atoms with Gasteiger partial charge in [-0.3, -0.25) is 14.2 Å². The fourth-order valence-electron chi connectivity index (χ4n) is 4.19. The predicted molar refractivity (Wildman–Crippen MR) is 129 cm³/mol.